The first-order valence-electron chi connectivity index (χ1n) is 7.12. The molecule has 0 aromatic heterocycles. The molecule has 0 spiro atoms. The van der Waals surface area contributed by atoms with E-state index in [9.17, 15) is 5.26 Å². The SMILES string of the molecule is CCCc1ccc(C(C#N)CN2CCOCC2)cc1. The number of hydrogen-bond donors (Lipinski definition) is 0. The highest BCUT2D eigenvalue weighted by Gasteiger charge is 2.17. The fourth-order valence-corrected chi connectivity index (χ4v) is 2.47. The maximum absolute atomic E-state index is 9.37. The molecule has 1 aliphatic heterocycles. The zero-order valence-electron chi connectivity index (χ0n) is 11.6. The van der Waals surface area contributed by atoms with Crippen LogP contribution in [0.5, 0.6) is 0 Å². The largest absolute Gasteiger partial charge is 0.379 e. The van der Waals surface area contributed by atoms with Gasteiger partial charge in [0.25, 0.3) is 0 Å². The molecule has 0 radical (unpaired) electrons. The number of rotatable bonds is 5. The maximum atomic E-state index is 9.37. The van der Waals surface area contributed by atoms with Gasteiger partial charge in [0.1, 0.15) is 0 Å². The van der Waals surface area contributed by atoms with Crippen LogP contribution in [0.2, 0.25) is 0 Å². The van der Waals surface area contributed by atoms with Gasteiger partial charge in [-0.05, 0) is 17.5 Å². The second-order valence-electron chi connectivity index (χ2n) is 5.09. The summed E-state index contributed by atoms with van der Waals surface area (Å²) < 4.78 is 5.34. The molecule has 0 bridgehead atoms. The van der Waals surface area contributed by atoms with Crippen LogP contribution in [0.15, 0.2) is 24.3 Å². The minimum Gasteiger partial charge on any atom is -0.379 e. The molecule has 1 unspecified atom stereocenters. The van der Waals surface area contributed by atoms with Crippen molar-refractivity contribution in [2.24, 2.45) is 0 Å². The van der Waals surface area contributed by atoms with Crippen molar-refractivity contribution in [3.63, 3.8) is 0 Å². The smallest absolute Gasteiger partial charge is 0.0839 e. The van der Waals surface area contributed by atoms with Crippen molar-refractivity contribution in [3.8, 4) is 6.07 Å². The first-order valence-corrected chi connectivity index (χ1v) is 7.12. The summed E-state index contributed by atoms with van der Waals surface area (Å²) in [4.78, 5) is 2.32. The van der Waals surface area contributed by atoms with Gasteiger partial charge >= 0.3 is 0 Å². The average Bonchev–Trinajstić information content (AvgIpc) is 2.47. The predicted octanol–water partition coefficient (Wildman–Crippen LogP) is 2.58. The normalized spacial score (nSPS) is 17.9. The van der Waals surface area contributed by atoms with Gasteiger partial charge < -0.3 is 4.74 Å². The molecule has 0 N–H and O–H groups in total. The van der Waals surface area contributed by atoms with Crippen LogP contribution < -0.4 is 0 Å². The standard InChI is InChI=1S/C16H22N2O/c1-2-3-14-4-6-15(7-5-14)16(12-17)13-18-8-10-19-11-9-18/h4-7,16H,2-3,8-11,13H2,1H3. The molecule has 1 aliphatic rings. The van der Waals surface area contributed by atoms with Crippen LogP contribution in [0.25, 0.3) is 0 Å². The lowest BCUT2D eigenvalue weighted by Gasteiger charge is -2.28. The molecule has 1 heterocycles. The van der Waals surface area contributed by atoms with Crippen molar-refractivity contribution in [1.29, 1.82) is 5.26 Å². The first kappa shape index (κ1) is 14.0. The molecule has 0 amide bonds. The van der Waals surface area contributed by atoms with E-state index in [0.29, 0.717) is 0 Å². The van der Waals surface area contributed by atoms with Gasteiger partial charge in [-0.25, -0.2) is 0 Å². The van der Waals surface area contributed by atoms with Gasteiger partial charge in [-0.3, -0.25) is 4.90 Å². The summed E-state index contributed by atoms with van der Waals surface area (Å²) in [5, 5.41) is 9.37. The van der Waals surface area contributed by atoms with Crippen molar-refractivity contribution in [2.75, 3.05) is 32.8 Å². The van der Waals surface area contributed by atoms with E-state index in [0.717, 1.165) is 51.3 Å². The Balaban J connectivity index is 1.98. The Morgan fingerprint density at radius 1 is 1.26 bits per heavy atom. The molecule has 1 aromatic carbocycles. The van der Waals surface area contributed by atoms with Crippen LogP contribution >= 0.6 is 0 Å². The molecular formula is C16H22N2O. The number of benzene rings is 1. The fraction of sp³-hybridized carbons (Fsp3) is 0.562. The van der Waals surface area contributed by atoms with E-state index in [1.807, 2.05) is 0 Å². The van der Waals surface area contributed by atoms with E-state index in [-0.39, 0.29) is 5.92 Å². The number of nitriles is 1. The van der Waals surface area contributed by atoms with E-state index < -0.39 is 0 Å². The van der Waals surface area contributed by atoms with Crippen LogP contribution in [0.3, 0.4) is 0 Å². The molecule has 1 aromatic rings. The zero-order chi connectivity index (χ0) is 13.5. The van der Waals surface area contributed by atoms with Gasteiger partial charge in [0, 0.05) is 19.6 Å². The molecule has 2 rings (SSSR count). The van der Waals surface area contributed by atoms with E-state index in [4.69, 9.17) is 4.74 Å². The number of nitrogens with zero attached hydrogens (tertiary/aromatic N) is 2. The summed E-state index contributed by atoms with van der Waals surface area (Å²) in [7, 11) is 0. The van der Waals surface area contributed by atoms with E-state index >= 15 is 0 Å². The minimum atomic E-state index is -0.0335. The van der Waals surface area contributed by atoms with Crippen LogP contribution in [0.4, 0.5) is 0 Å². The number of ether oxygens (including phenoxy) is 1. The van der Waals surface area contributed by atoms with Crippen LogP contribution in [0.1, 0.15) is 30.4 Å². The van der Waals surface area contributed by atoms with Crippen LogP contribution in [-0.2, 0) is 11.2 Å². The summed E-state index contributed by atoms with van der Waals surface area (Å²) in [6.45, 7) is 6.44. The Hall–Kier alpha value is -1.37. The maximum Gasteiger partial charge on any atom is 0.0839 e. The van der Waals surface area contributed by atoms with Crippen molar-refractivity contribution >= 4 is 0 Å². The Kier molecular flexibility index (Phi) is 5.38. The molecule has 0 aliphatic carbocycles. The third-order valence-corrected chi connectivity index (χ3v) is 3.62. The topological polar surface area (TPSA) is 36.3 Å². The predicted molar refractivity (Wildman–Crippen MR) is 76.1 cm³/mol. The van der Waals surface area contributed by atoms with Gasteiger partial charge in [0.05, 0.1) is 25.2 Å². The van der Waals surface area contributed by atoms with Gasteiger partial charge in [0.2, 0.25) is 0 Å². The van der Waals surface area contributed by atoms with Crippen LogP contribution in [0, 0.1) is 11.3 Å². The quantitative estimate of drug-likeness (QED) is 0.814. The molecule has 3 heteroatoms. The Morgan fingerprint density at radius 2 is 1.95 bits per heavy atom. The van der Waals surface area contributed by atoms with Gasteiger partial charge in [-0.1, -0.05) is 37.6 Å². The molecule has 1 atom stereocenters. The number of hydrogen-bond acceptors (Lipinski definition) is 3. The van der Waals surface area contributed by atoms with Crippen LogP contribution in [-0.4, -0.2) is 37.7 Å². The minimum absolute atomic E-state index is 0.0335. The van der Waals surface area contributed by atoms with Crippen molar-refractivity contribution in [3.05, 3.63) is 35.4 Å². The number of aryl methyl sites for hydroxylation is 1. The van der Waals surface area contributed by atoms with Crippen molar-refractivity contribution in [1.82, 2.24) is 4.90 Å². The third kappa shape index (κ3) is 4.05. The average molecular weight is 258 g/mol. The summed E-state index contributed by atoms with van der Waals surface area (Å²) in [6, 6.07) is 11.0. The number of morpholine rings is 1. The molecule has 1 fully saturated rings. The highest BCUT2D eigenvalue weighted by atomic mass is 16.5. The lowest BCUT2D eigenvalue weighted by atomic mass is 9.97. The Morgan fingerprint density at radius 3 is 2.53 bits per heavy atom. The Bertz CT molecular complexity index is 415. The van der Waals surface area contributed by atoms with Crippen molar-refractivity contribution < 1.29 is 4.74 Å². The molecule has 102 valence electrons. The summed E-state index contributed by atoms with van der Waals surface area (Å²) in [5.74, 6) is -0.0335. The zero-order valence-corrected chi connectivity index (χ0v) is 11.6. The summed E-state index contributed by atoms with van der Waals surface area (Å²) >= 11 is 0. The lowest BCUT2D eigenvalue weighted by Crippen LogP contribution is -2.38. The first-order chi connectivity index (χ1) is 9.33. The van der Waals surface area contributed by atoms with Gasteiger partial charge in [-0.15, -0.1) is 0 Å². The Labute approximate surface area is 115 Å². The molecule has 19 heavy (non-hydrogen) atoms. The van der Waals surface area contributed by atoms with E-state index in [1.54, 1.807) is 0 Å². The van der Waals surface area contributed by atoms with E-state index in [1.165, 1.54) is 5.56 Å². The van der Waals surface area contributed by atoms with Crippen molar-refractivity contribution in [2.45, 2.75) is 25.7 Å². The molecule has 1 saturated heterocycles. The summed E-state index contributed by atoms with van der Waals surface area (Å²) in [6.07, 6.45) is 2.27. The lowest BCUT2D eigenvalue weighted by molar-refractivity contribution is 0.0370. The highest BCUT2D eigenvalue weighted by Crippen LogP contribution is 2.18. The second kappa shape index (κ2) is 7.28. The molecule has 3 nitrogen and oxygen atoms in total. The molecule has 0 saturated carbocycles. The monoisotopic (exact) mass is 258 g/mol. The highest BCUT2D eigenvalue weighted by molar-refractivity contribution is 5.29. The third-order valence-electron chi connectivity index (χ3n) is 3.62. The van der Waals surface area contributed by atoms with Gasteiger partial charge in [-0.2, -0.15) is 5.26 Å². The fourth-order valence-electron chi connectivity index (χ4n) is 2.47. The van der Waals surface area contributed by atoms with E-state index in [2.05, 4.69) is 42.2 Å². The second-order valence-corrected chi connectivity index (χ2v) is 5.09. The van der Waals surface area contributed by atoms with Gasteiger partial charge in [0.15, 0.2) is 0 Å². The molecular weight excluding hydrogens is 236 g/mol. The summed E-state index contributed by atoms with van der Waals surface area (Å²) in [5.41, 5.74) is 2.49.